The summed E-state index contributed by atoms with van der Waals surface area (Å²) in [5.74, 6) is -0.216. The number of amides is 1. The fraction of sp³-hybridized carbons (Fsp3) is 0.316. The van der Waals surface area contributed by atoms with Crippen molar-refractivity contribution >= 4 is 11.6 Å². The summed E-state index contributed by atoms with van der Waals surface area (Å²) in [5, 5.41) is 5.82. The third-order valence-electron chi connectivity index (χ3n) is 4.16. The number of carbonyl (C=O) groups excluding carboxylic acids is 1. The number of methoxy groups -OCH3 is 1. The highest BCUT2D eigenvalue weighted by Crippen LogP contribution is 2.32. The number of alkyl halides is 3. The monoisotopic (exact) mass is 393 g/mol. The van der Waals surface area contributed by atoms with E-state index < -0.39 is 24.2 Å². The van der Waals surface area contributed by atoms with Gasteiger partial charge in [0.2, 0.25) is 6.10 Å². The van der Waals surface area contributed by atoms with Gasteiger partial charge in [-0.3, -0.25) is 9.78 Å². The Kier molecular flexibility index (Phi) is 5.81. The summed E-state index contributed by atoms with van der Waals surface area (Å²) in [6, 6.07) is 9.20. The van der Waals surface area contributed by atoms with Crippen molar-refractivity contribution in [1.82, 2.24) is 10.3 Å². The quantitative estimate of drug-likeness (QED) is 0.818. The third kappa shape index (κ3) is 4.79. The van der Waals surface area contributed by atoms with Crippen LogP contribution in [-0.4, -0.2) is 36.0 Å². The predicted octanol–water partition coefficient (Wildman–Crippen LogP) is 3.20. The van der Waals surface area contributed by atoms with E-state index >= 15 is 0 Å². The van der Waals surface area contributed by atoms with E-state index in [1.165, 1.54) is 24.4 Å². The van der Waals surface area contributed by atoms with Gasteiger partial charge in [-0.15, -0.1) is 0 Å². The molecular weight excluding hydrogens is 375 g/mol. The highest BCUT2D eigenvalue weighted by molar-refractivity contribution is 5.94. The number of oxime groups is 1. The van der Waals surface area contributed by atoms with E-state index in [4.69, 9.17) is 9.57 Å². The molecule has 9 heteroatoms. The molecule has 2 heterocycles. The maximum atomic E-state index is 13.4. The molecule has 1 N–H and O–H groups in total. The number of carbonyl (C=O) groups is 1. The lowest BCUT2D eigenvalue weighted by molar-refractivity contribution is -0.167. The van der Waals surface area contributed by atoms with Crippen molar-refractivity contribution in [3.63, 3.8) is 0 Å². The molecule has 0 unspecified atom stereocenters. The van der Waals surface area contributed by atoms with E-state index in [-0.39, 0.29) is 12.1 Å². The average Bonchev–Trinajstić information content (AvgIpc) is 3.14. The molecule has 0 saturated carbocycles. The normalized spacial score (nSPS) is 17.4. The SMILES string of the molecule is COc1cccc(CC2=NO[C@H](C(=O)N[C@@H](c3ccccn3)C(F)(F)F)C2)c1. The van der Waals surface area contributed by atoms with Gasteiger partial charge in [0.15, 0.2) is 6.04 Å². The van der Waals surface area contributed by atoms with E-state index in [0.717, 1.165) is 5.56 Å². The number of pyridine rings is 1. The molecule has 28 heavy (non-hydrogen) atoms. The van der Waals surface area contributed by atoms with Crippen LogP contribution in [0.1, 0.15) is 23.7 Å². The van der Waals surface area contributed by atoms with Crippen LogP contribution in [0.2, 0.25) is 0 Å². The molecule has 0 aliphatic carbocycles. The zero-order valence-electron chi connectivity index (χ0n) is 14.9. The Morgan fingerprint density at radius 3 is 2.82 bits per heavy atom. The predicted molar refractivity (Wildman–Crippen MR) is 94.8 cm³/mol. The van der Waals surface area contributed by atoms with Crippen molar-refractivity contribution in [3.05, 3.63) is 59.9 Å². The number of aromatic nitrogens is 1. The van der Waals surface area contributed by atoms with E-state index in [2.05, 4.69) is 10.1 Å². The van der Waals surface area contributed by atoms with Gasteiger partial charge in [-0.2, -0.15) is 13.2 Å². The van der Waals surface area contributed by atoms with Crippen molar-refractivity contribution in [2.24, 2.45) is 5.16 Å². The van der Waals surface area contributed by atoms with Crippen LogP contribution in [0.15, 0.2) is 53.8 Å². The molecule has 1 aliphatic heterocycles. The number of rotatable bonds is 6. The first-order valence-electron chi connectivity index (χ1n) is 8.49. The maximum absolute atomic E-state index is 13.4. The number of halogens is 3. The van der Waals surface area contributed by atoms with Crippen molar-refractivity contribution in [1.29, 1.82) is 0 Å². The van der Waals surface area contributed by atoms with Gasteiger partial charge >= 0.3 is 6.18 Å². The van der Waals surface area contributed by atoms with Crippen LogP contribution in [-0.2, 0) is 16.1 Å². The van der Waals surface area contributed by atoms with E-state index in [9.17, 15) is 18.0 Å². The average molecular weight is 393 g/mol. The number of nitrogens with one attached hydrogen (secondary N) is 1. The number of ether oxygens (including phenoxy) is 1. The fourth-order valence-corrected chi connectivity index (χ4v) is 2.80. The molecule has 2 aromatic rings. The van der Waals surface area contributed by atoms with Crippen molar-refractivity contribution in [2.75, 3.05) is 7.11 Å². The lowest BCUT2D eigenvalue weighted by Crippen LogP contribution is -2.43. The lowest BCUT2D eigenvalue weighted by atomic mass is 10.0. The van der Waals surface area contributed by atoms with Crippen molar-refractivity contribution in [3.8, 4) is 5.75 Å². The van der Waals surface area contributed by atoms with Crippen LogP contribution in [0.4, 0.5) is 13.2 Å². The minimum atomic E-state index is -4.69. The number of hydrogen-bond acceptors (Lipinski definition) is 5. The molecular formula is C19H18F3N3O3. The second-order valence-electron chi connectivity index (χ2n) is 6.22. The largest absolute Gasteiger partial charge is 0.497 e. The molecule has 0 spiro atoms. The summed E-state index contributed by atoms with van der Waals surface area (Å²) < 4.78 is 45.2. The molecule has 1 amide bonds. The van der Waals surface area contributed by atoms with Gasteiger partial charge in [-0.1, -0.05) is 23.4 Å². The standard InChI is InChI=1S/C19H18F3N3O3/c1-27-14-6-4-5-12(10-14)9-13-11-16(28-25-13)18(26)24-17(19(20,21)22)15-7-2-3-8-23-15/h2-8,10,16-17H,9,11H2,1H3,(H,24,26)/t16-,17-/m0/s1. The molecule has 1 aliphatic rings. The Bertz CT molecular complexity index is 856. The molecule has 0 fully saturated rings. The Morgan fingerprint density at radius 1 is 1.32 bits per heavy atom. The first-order valence-corrected chi connectivity index (χ1v) is 8.49. The first kappa shape index (κ1) is 19.7. The van der Waals surface area contributed by atoms with Crippen LogP contribution >= 0.6 is 0 Å². The van der Waals surface area contributed by atoms with Gasteiger partial charge in [-0.05, 0) is 29.8 Å². The second-order valence-corrected chi connectivity index (χ2v) is 6.22. The minimum absolute atomic E-state index is 0.107. The zero-order chi connectivity index (χ0) is 20.1. The Labute approximate surface area is 159 Å². The lowest BCUT2D eigenvalue weighted by Gasteiger charge is -2.22. The smallest absolute Gasteiger partial charge is 0.414 e. The highest BCUT2D eigenvalue weighted by Gasteiger charge is 2.44. The maximum Gasteiger partial charge on any atom is 0.414 e. The molecule has 0 radical (unpaired) electrons. The summed E-state index contributed by atoms with van der Waals surface area (Å²) in [6.45, 7) is 0. The van der Waals surface area contributed by atoms with Gasteiger partial charge in [0, 0.05) is 19.0 Å². The summed E-state index contributed by atoms with van der Waals surface area (Å²) in [6.07, 6.45) is -4.05. The number of nitrogens with zero attached hydrogens (tertiary/aromatic N) is 2. The summed E-state index contributed by atoms with van der Waals surface area (Å²) in [5.41, 5.74) is 1.16. The van der Waals surface area contributed by atoms with Gasteiger partial charge in [-0.25, -0.2) is 0 Å². The molecule has 0 saturated heterocycles. The van der Waals surface area contributed by atoms with E-state index in [0.29, 0.717) is 17.9 Å². The van der Waals surface area contributed by atoms with Gasteiger partial charge in [0.25, 0.3) is 5.91 Å². The zero-order valence-corrected chi connectivity index (χ0v) is 14.9. The van der Waals surface area contributed by atoms with Gasteiger partial charge in [0.1, 0.15) is 5.75 Å². The highest BCUT2D eigenvalue weighted by atomic mass is 19.4. The molecule has 6 nitrogen and oxygen atoms in total. The summed E-state index contributed by atoms with van der Waals surface area (Å²) in [4.78, 5) is 21.1. The molecule has 2 atom stereocenters. The summed E-state index contributed by atoms with van der Waals surface area (Å²) in [7, 11) is 1.55. The molecule has 1 aromatic heterocycles. The Balaban J connectivity index is 1.62. The van der Waals surface area contributed by atoms with Gasteiger partial charge < -0.3 is 14.9 Å². The number of hydrogen-bond donors (Lipinski definition) is 1. The van der Waals surface area contributed by atoms with Crippen LogP contribution in [0.5, 0.6) is 5.75 Å². The first-order chi connectivity index (χ1) is 13.4. The number of benzene rings is 1. The second kappa shape index (κ2) is 8.28. The Morgan fingerprint density at radius 2 is 2.14 bits per heavy atom. The topological polar surface area (TPSA) is 72.8 Å². The van der Waals surface area contributed by atoms with Crippen LogP contribution in [0.25, 0.3) is 0 Å². The molecule has 148 valence electrons. The third-order valence-corrected chi connectivity index (χ3v) is 4.16. The molecule has 1 aromatic carbocycles. The molecule has 3 rings (SSSR count). The fourth-order valence-electron chi connectivity index (χ4n) is 2.80. The van der Waals surface area contributed by atoms with Crippen LogP contribution in [0.3, 0.4) is 0 Å². The summed E-state index contributed by atoms with van der Waals surface area (Å²) >= 11 is 0. The van der Waals surface area contributed by atoms with Crippen molar-refractivity contribution in [2.45, 2.75) is 31.2 Å². The van der Waals surface area contributed by atoms with E-state index in [1.54, 1.807) is 13.2 Å². The van der Waals surface area contributed by atoms with Crippen LogP contribution in [0, 0.1) is 0 Å². The van der Waals surface area contributed by atoms with E-state index in [1.807, 2.05) is 23.5 Å². The van der Waals surface area contributed by atoms with Crippen molar-refractivity contribution < 1.29 is 27.5 Å². The minimum Gasteiger partial charge on any atom is -0.497 e. The molecule has 0 bridgehead atoms. The van der Waals surface area contributed by atoms with Gasteiger partial charge in [0.05, 0.1) is 18.5 Å². The van der Waals surface area contributed by atoms with Crippen LogP contribution < -0.4 is 10.1 Å². The Hall–Kier alpha value is -3.10.